The lowest BCUT2D eigenvalue weighted by atomic mass is 9.87. The van der Waals surface area contributed by atoms with Crippen LogP contribution in [0.4, 0.5) is 5.82 Å². The monoisotopic (exact) mass is 304 g/mol. The summed E-state index contributed by atoms with van der Waals surface area (Å²) in [5.74, 6) is -0.0440. The van der Waals surface area contributed by atoms with Crippen molar-refractivity contribution in [1.82, 2.24) is 14.5 Å². The molecule has 8 heteroatoms. The summed E-state index contributed by atoms with van der Waals surface area (Å²) in [5.41, 5.74) is 3.39. The third-order valence-corrected chi connectivity index (χ3v) is 5.09. The summed E-state index contributed by atoms with van der Waals surface area (Å²) in [6.07, 6.45) is 2.23. The second-order valence-electron chi connectivity index (χ2n) is 5.93. The molecule has 0 aliphatic carbocycles. The van der Waals surface area contributed by atoms with Crippen LogP contribution >= 0.6 is 0 Å². The van der Waals surface area contributed by atoms with Crippen molar-refractivity contribution >= 4 is 15.8 Å². The molecule has 0 fully saturated rings. The summed E-state index contributed by atoms with van der Waals surface area (Å²) >= 11 is 0. The van der Waals surface area contributed by atoms with Crippen LogP contribution in [0.1, 0.15) is 41.0 Å². The van der Waals surface area contributed by atoms with E-state index in [4.69, 9.17) is 5.73 Å². The second-order valence-corrected chi connectivity index (χ2v) is 7.58. The minimum absolute atomic E-state index is 0.0440. The molecule has 7 nitrogen and oxygen atoms in total. The molecule has 1 aromatic rings. The largest absolute Gasteiger partial charge is 0.389 e. The molecule has 0 aliphatic rings. The van der Waals surface area contributed by atoms with Crippen molar-refractivity contribution in [2.45, 2.75) is 63.6 Å². The van der Waals surface area contributed by atoms with Gasteiger partial charge >= 0.3 is 0 Å². The fourth-order valence-corrected chi connectivity index (χ4v) is 3.09. The maximum Gasteiger partial charge on any atom is 0.246 e. The molecule has 0 amide bonds. The van der Waals surface area contributed by atoms with Crippen molar-refractivity contribution < 1.29 is 13.5 Å². The van der Waals surface area contributed by atoms with Crippen molar-refractivity contribution in [3.63, 3.8) is 0 Å². The predicted octanol–water partition coefficient (Wildman–Crippen LogP) is 0.703. The van der Waals surface area contributed by atoms with Gasteiger partial charge in [-0.3, -0.25) is 4.68 Å². The Balaban J connectivity index is 3.12. The SMILES string of the molecule is CCCn1cc(S(=O)(=O)NC(C)(C)C(C)(C)O)c(N)n1. The van der Waals surface area contributed by atoms with Gasteiger partial charge in [0.15, 0.2) is 5.82 Å². The number of aliphatic hydroxyl groups is 1. The van der Waals surface area contributed by atoms with E-state index in [2.05, 4.69) is 9.82 Å². The van der Waals surface area contributed by atoms with Gasteiger partial charge in [-0.2, -0.15) is 5.10 Å². The molecule has 0 spiro atoms. The van der Waals surface area contributed by atoms with Crippen LogP contribution in [-0.4, -0.2) is 34.4 Å². The maximum absolute atomic E-state index is 12.4. The lowest BCUT2D eigenvalue weighted by Gasteiger charge is -2.37. The number of anilines is 1. The average Bonchev–Trinajstić information content (AvgIpc) is 2.57. The highest BCUT2D eigenvalue weighted by Crippen LogP contribution is 2.25. The number of nitrogen functional groups attached to an aromatic ring is 1. The van der Waals surface area contributed by atoms with Crippen molar-refractivity contribution in [3.05, 3.63) is 6.20 Å². The second kappa shape index (κ2) is 5.34. The first-order chi connectivity index (χ1) is 8.90. The third-order valence-electron chi connectivity index (χ3n) is 3.42. The molecule has 20 heavy (non-hydrogen) atoms. The summed E-state index contributed by atoms with van der Waals surface area (Å²) in [6.45, 7) is 8.85. The van der Waals surface area contributed by atoms with Gasteiger partial charge in [0.05, 0.1) is 11.1 Å². The summed E-state index contributed by atoms with van der Waals surface area (Å²) in [6, 6.07) is 0. The van der Waals surface area contributed by atoms with Gasteiger partial charge < -0.3 is 10.8 Å². The van der Waals surface area contributed by atoms with Crippen molar-refractivity contribution in [2.75, 3.05) is 5.73 Å². The Morgan fingerprint density at radius 3 is 2.40 bits per heavy atom. The third kappa shape index (κ3) is 3.50. The predicted molar refractivity (Wildman–Crippen MR) is 77.6 cm³/mol. The zero-order valence-corrected chi connectivity index (χ0v) is 13.5. The molecular formula is C12H24N4O3S. The number of nitrogens with two attached hydrogens (primary N) is 1. The molecule has 4 N–H and O–H groups in total. The summed E-state index contributed by atoms with van der Waals surface area (Å²) < 4.78 is 28.7. The number of sulfonamides is 1. The Labute approximate surface area is 120 Å². The van der Waals surface area contributed by atoms with Crippen LogP contribution in [0.25, 0.3) is 0 Å². The van der Waals surface area contributed by atoms with E-state index >= 15 is 0 Å². The standard InChI is InChI=1S/C12H24N4O3S/c1-6-7-16-8-9(10(13)14-16)20(18,19)15-11(2,3)12(4,5)17/h8,15,17H,6-7H2,1-5H3,(H2,13,14). The van der Waals surface area contributed by atoms with Crippen molar-refractivity contribution in [2.24, 2.45) is 0 Å². The molecule has 0 aliphatic heterocycles. The smallest absolute Gasteiger partial charge is 0.246 e. The molecule has 0 aromatic carbocycles. The minimum Gasteiger partial charge on any atom is -0.389 e. The van der Waals surface area contributed by atoms with E-state index in [1.165, 1.54) is 10.9 Å². The van der Waals surface area contributed by atoms with E-state index in [1.807, 2.05) is 6.92 Å². The van der Waals surface area contributed by atoms with E-state index in [1.54, 1.807) is 27.7 Å². The Morgan fingerprint density at radius 2 is 1.95 bits per heavy atom. The first kappa shape index (κ1) is 16.9. The van der Waals surface area contributed by atoms with Gasteiger partial charge in [0.2, 0.25) is 10.0 Å². The Hall–Kier alpha value is -1.12. The van der Waals surface area contributed by atoms with Gasteiger partial charge in [-0.05, 0) is 34.1 Å². The van der Waals surface area contributed by atoms with Crippen LogP contribution in [-0.2, 0) is 16.6 Å². The van der Waals surface area contributed by atoms with E-state index in [9.17, 15) is 13.5 Å². The Morgan fingerprint density at radius 1 is 1.40 bits per heavy atom. The fourth-order valence-electron chi connectivity index (χ4n) is 1.48. The minimum atomic E-state index is -3.85. The normalized spacial score (nSPS) is 13.7. The number of rotatable bonds is 6. The number of aromatic nitrogens is 2. The average molecular weight is 304 g/mol. The molecule has 116 valence electrons. The van der Waals surface area contributed by atoms with Crippen LogP contribution in [0.2, 0.25) is 0 Å². The van der Waals surface area contributed by atoms with E-state index in [-0.39, 0.29) is 10.7 Å². The van der Waals surface area contributed by atoms with Gasteiger partial charge in [0.25, 0.3) is 0 Å². The van der Waals surface area contributed by atoms with Crippen LogP contribution in [0, 0.1) is 0 Å². The number of hydrogen-bond donors (Lipinski definition) is 3. The lowest BCUT2D eigenvalue weighted by molar-refractivity contribution is 0.00639. The first-order valence-corrected chi connectivity index (χ1v) is 7.98. The summed E-state index contributed by atoms with van der Waals surface area (Å²) in [5, 5.41) is 14.0. The molecule has 1 heterocycles. The topological polar surface area (TPSA) is 110 Å². The highest BCUT2D eigenvalue weighted by Gasteiger charge is 2.39. The molecule has 0 saturated carbocycles. The molecule has 0 atom stereocenters. The van der Waals surface area contributed by atoms with E-state index in [0.29, 0.717) is 6.54 Å². The molecule has 1 aromatic heterocycles. The first-order valence-electron chi connectivity index (χ1n) is 6.50. The van der Waals surface area contributed by atoms with Crippen molar-refractivity contribution in [3.8, 4) is 0 Å². The van der Waals surface area contributed by atoms with E-state index < -0.39 is 21.2 Å². The molecular weight excluding hydrogens is 280 g/mol. The zero-order valence-electron chi connectivity index (χ0n) is 12.6. The highest BCUT2D eigenvalue weighted by atomic mass is 32.2. The molecule has 0 radical (unpaired) electrons. The zero-order chi connectivity index (χ0) is 15.8. The molecule has 0 unspecified atom stereocenters. The van der Waals surface area contributed by atoms with Crippen LogP contribution < -0.4 is 10.5 Å². The van der Waals surface area contributed by atoms with Crippen LogP contribution in [0.5, 0.6) is 0 Å². The van der Waals surface area contributed by atoms with Crippen LogP contribution in [0.3, 0.4) is 0 Å². The summed E-state index contributed by atoms with van der Waals surface area (Å²) in [4.78, 5) is -0.0664. The van der Waals surface area contributed by atoms with Crippen molar-refractivity contribution in [1.29, 1.82) is 0 Å². The van der Waals surface area contributed by atoms with Gasteiger partial charge in [-0.15, -0.1) is 0 Å². The molecule has 1 rings (SSSR count). The number of hydrogen-bond acceptors (Lipinski definition) is 5. The van der Waals surface area contributed by atoms with Gasteiger partial charge in [-0.25, -0.2) is 13.1 Å². The Bertz CT molecular complexity index is 570. The van der Waals surface area contributed by atoms with E-state index in [0.717, 1.165) is 6.42 Å². The molecule has 0 saturated heterocycles. The van der Waals surface area contributed by atoms with Gasteiger partial charge in [0, 0.05) is 12.7 Å². The highest BCUT2D eigenvalue weighted by molar-refractivity contribution is 7.89. The number of nitrogens with zero attached hydrogens (tertiary/aromatic N) is 2. The summed E-state index contributed by atoms with van der Waals surface area (Å²) in [7, 11) is -3.85. The number of aryl methyl sites for hydroxylation is 1. The molecule has 0 bridgehead atoms. The lowest BCUT2D eigenvalue weighted by Crippen LogP contribution is -2.57. The maximum atomic E-state index is 12.4. The fraction of sp³-hybridized carbons (Fsp3) is 0.750. The van der Waals surface area contributed by atoms with Crippen LogP contribution in [0.15, 0.2) is 11.1 Å². The number of nitrogens with one attached hydrogen (secondary N) is 1. The van der Waals surface area contributed by atoms with Gasteiger partial charge in [0.1, 0.15) is 4.90 Å². The Kier molecular flexibility index (Phi) is 4.52. The quantitative estimate of drug-likeness (QED) is 0.716. The van der Waals surface area contributed by atoms with Gasteiger partial charge in [-0.1, -0.05) is 6.92 Å².